The van der Waals surface area contributed by atoms with Crippen LogP contribution in [0.15, 0.2) is 81.0 Å². The summed E-state index contributed by atoms with van der Waals surface area (Å²) in [6, 6.07) is 15.9. The molecule has 0 aliphatic carbocycles. The van der Waals surface area contributed by atoms with Gasteiger partial charge in [-0.05, 0) is 60.2 Å². The van der Waals surface area contributed by atoms with Crippen molar-refractivity contribution in [2.75, 3.05) is 23.9 Å². The lowest BCUT2D eigenvalue weighted by Crippen LogP contribution is -2.32. The van der Waals surface area contributed by atoms with Gasteiger partial charge in [-0.3, -0.25) is 19.2 Å². The van der Waals surface area contributed by atoms with Crippen molar-refractivity contribution in [3.8, 4) is 11.5 Å². The first-order valence-corrected chi connectivity index (χ1v) is 15.7. The molecule has 45 heavy (non-hydrogen) atoms. The molecular formula is C30H21BrF3N3O6S2. The van der Waals surface area contributed by atoms with Gasteiger partial charge in [0.1, 0.15) is 5.25 Å². The Kier molecular flexibility index (Phi) is 8.26. The van der Waals surface area contributed by atoms with E-state index in [2.05, 4.69) is 26.2 Å². The van der Waals surface area contributed by atoms with Gasteiger partial charge in [0, 0.05) is 21.0 Å². The average Bonchev–Trinajstić information content (AvgIpc) is 3.50. The summed E-state index contributed by atoms with van der Waals surface area (Å²) in [6.45, 7) is -0.532. The topological polar surface area (TPSA) is 118 Å². The number of halogens is 4. The number of ether oxygens (including phenoxy) is 2. The lowest BCUT2D eigenvalue weighted by atomic mass is 9.83. The summed E-state index contributed by atoms with van der Waals surface area (Å²) < 4.78 is 51.0. The highest BCUT2D eigenvalue weighted by Gasteiger charge is 2.56. The van der Waals surface area contributed by atoms with Crippen LogP contribution in [0, 0.1) is 5.92 Å². The van der Waals surface area contributed by atoms with Crippen LogP contribution in [0.25, 0.3) is 0 Å². The van der Waals surface area contributed by atoms with Gasteiger partial charge in [-0.15, -0.1) is 0 Å². The summed E-state index contributed by atoms with van der Waals surface area (Å²) in [4.78, 5) is 56.6. The zero-order valence-electron chi connectivity index (χ0n) is 23.0. The van der Waals surface area contributed by atoms with Gasteiger partial charge in [0.05, 0.1) is 29.3 Å². The van der Waals surface area contributed by atoms with Gasteiger partial charge in [-0.25, -0.2) is 4.90 Å². The van der Waals surface area contributed by atoms with Crippen LogP contribution in [0.3, 0.4) is 0 Å². The van der Waals surface area contributed by atoms with E-state index in [0.29, 0.717) is 21.2 Å². The van der Waals surface area contributed by atoms with Crippen molar-refractivity contribution in [1.29, 1.82) is 0 Å². The number of benzene rings is 3. The minimum Gasteiger partial charge on any atom is -0.493 e. The molecule has 1 fully saturated rings. The molecule has 0 bridgehead atoms. The SMILES string of the molecule is COc1cc([C@H]2c3sc(=O)[nH]c3SC3C(=O)N(c4ccc(Br)cc4)C(=O)C32)ccc1OCC(=O)Nc1cccc(C(F)(F)F)c1. The van der Waals surface area contributed by atoms with Crippen LogP contribution >= 0.6 is 39.0 Å². The van der Waals surface area contributed by atoms with E-state index in [1.54, 1.807) is 36.4 Å². The predicted octanol–water partition coefficient (Wildman–Crippen LogP) is 6.04. The van der Waals surface area contributed by atoms with Crippen LogP contribution in [0.1, 0.15) is 21.9 Å². The number of thioether (sulfide) groups is 1. The summed E-state index contributed by atoms with van der Waals surface area (Å²) in [6.07, 6.45) is -4.56. The van der Waals surface area contributed by atoms with Crippen molar-refractivity contribution >= 4 is 68.1 Å². The number of carbonyl (C=O) groups excluding carboxylic acids is 3. The monoisotopic (exact) mass is 719 g/mol. The van der Waals surface area contributed by atoms with E-state index in [4.69, 9.17) is 9.47 Å². The number of alkyl halides is 3. The molecule has 0 spiro atoms. The third-order valence-corrected chi connectivity index (χ3v) is 10.2. The number of hydrogen-bond donors (Lipinski definition) is 2. The van der Waals surface area contributed by atoms with Crippen molar-refractivity contribution in [2.24, 2.45) is 5.92 Å². The molecule has 4 aromatic rings. The van der Waals surface area contributed by atoms with E-state index in [1.807, 2.05) is 0 Å². The molecule has 3 amide bonds. The number of rotatable bonds is 7. The zero-order valence-corrected chi connectivity index (χ0v) is 26.2. The van der Waals surface area contributed by atoms with Crippen LogP contribution < -0.4 is 24.6 Å². The first kappa shape index (κ1) is 30.9. The third kappa shape index (κ3) is 5.99. The summed E-state index contributed by atoms with van der Waals surface area (Å²) >= 11 is 5.48. The van der Waals surface area contributed by atoms with Crippen LogP contribution in [0.4, 0.5) is 24.5 Å². The molecule has 2 unspecified atom stereocenters. The van der Waals surface area contributed by atoms with Crippen molar-refractivity contribution in [3.63, 3.8) is 0 Å². The fraction of sp³-hybridized carbons (Fsp3) is 0.200. The number of H-pyrrole nitrogens is 1. The average molecular weight is 721 g/mol. The lowest BCUT2D eigenvalue weighted by molar-refractivity contribution is -0.137. The van der Waals surface area contributed by atoms with Gasteiger partial charge in [0.25, 0.3) is 5.91 Å². The fourth-order valence-electron chi connectivity index (χ4n) is 5.33. The van der Waals surface area contributed by atoms with E-state index in [1.165, 1.54) is 30.2 Å². The maximum absolute atomic E-state index is 13.9. The highest BCUT2D eigenvalue weighted by atomic mass is 79.9. The number of methoxy groups -OCH3 is 1. The largest absolute Gasteiger partial charge is 0.493 e. The number of carbonyl (C=O) groups is 3. The Morgan fingerprint density at radius 1 is 1.02 bits per heavy atom. The van der Waals surface area contributed by atoms with Crippen LogP contribution in [0.5, 0.6) is 11.5 Å². The van der Waals surface area contributed by atoms with E-state index in [0.717, 1.165) is 39.7 Å². The number of thiazole rings is 1. The summed E-state index contributed by atoms with van der Waals surface area (Å²) in [5.41, 5.74) is 0.0707. The second-order valence-electron chi connectivity index (χ2n) is 10.1. The number of nitrogens with zero attached hydrogens (tertiary/aromatic N) is 1. The highest BCUT2D eigenvalue weighted by molar-refractivity contribution is 9.10. The van der Waals surface area contributed by atoms with Crippen molar-refractivity contribution in [2.45, 2.75) is 22.4 Å². The molecule has 1 saturated heterocycles. The Labute approximate surface area is 269 Å². The molecule has 0 saturated carbocycles. The Morgan fingerprint density at radius 2 is 1.78 bits per heavy atom. The van der Waals surface area contributed by atoms with Crippen LogP contribution in [0.2, 0.25) is 0 Å². The summed E-state index contributed by atoms with van der Waals surface area (Å²) in [7, 11) is 1.38. The summed E-state index contributed by atoms with van der Waals surface area (Å²) in [5, 5.41) is 2.11. The number of aromatic amines is 1. The summed E-state index contributed by atoms with van der Waals surface area (Å²) in [5.74, 6) is -2.60. The molecule has 9 nitrogen and oxygen atoms in total. The molecule has 6 rings (SSSR count). The van der Waals surface area contributed by atoms with Gasteiger partial charge >= 0.3 is 11.0 Å². The molecule has 3 atom stereocenters. The van der Waals surface area contributed by atoms with E-state index in [-0.39, 0.29) is 22.1 Å². The molecular weight excluding hydrogens is 699 g/mol. The third-order valence-electron chi connectivity index (χ3n) is 7.29. The van der Waals surface area contributed by atoms with E-state index >= 15 is 0 Å². The Morgan fingerprint density at radius 3 is 2.49 bits per heavy atom. The molecule has 15 heteroatoms. The van der Waals surface area contributed by atoms with Gasteiger partial charge in [-0.2, -0.15) is 13.2 Å². The first-order valence-electron chi connectivity index (χ1n) is 13.3. The Balaban J connectivity index is 1.26. The molecule has 2 aliphatic heterocycles. The number of nitrogens with one attached hydrogen (secondary N) is 2. The van der Waals surface area contributed by atoms with Gasteiger partial charge in [-0.1, -0.05) is 51.2 Å². The smallest absolute Gasteiger partial charge is 0.416 e. The highest BCUT2D eigenvalue weighted by Crippen LogP contribution is 2.53. The number of imide groups is 1. The van der Waals surface area contributed by atoms with Gasteiger partial charge < -0.3 is 19.8 Å². The fourth-order valence-corrected chi connectivity index (χ4v) is 8.11. The second kappa shape index (κ2) is 12.0. The minimum atomic E-state index is -4.56. The molecule has 0 radical (unpaired) electrons. The number of amides is 3. The van der Waals surface area contributed by atoms with E-state index < -0.39 is 53.2 Å². The molecule has 232 valence electrons. The second-order valence-corrected chi connectivity index (χ2v) is 13.1. The Hall–Kier alpha value is -4.08. The molecule has 3 aromatic carbocycles. The van der Waals surface area contributed by atoms with Crippen molar-refractivity contribution in [1.82, 2.24) is 4.98 Å². The van der Waals surface area contributed by atoms with Crippen LogP contribution in [-0.2, 0) is 20.6 Å². The normalized spacial score (nSPS) is 19.2. The first-order chi connectivity index (χ1) is 21.4. The lowest BCUT2D eigenvalue weighted by Gasteiger charge is -2.30. The number of hydrogen-bond acceptors (Lipinski definition) is 8. The zero-order chi connectivity index (χ0) is 32.0. The predicted molar refractivity (Wildman–Crippen MR) is 165 cm³/mol. The van der Waals surface area contributed by atoms with Crippen molar-refractivity contribution < 1.29 is 37.0 Å². The maximum Gasteiger partial charge on any atom is 0.416 e. The van der Waals surface area contributed by atoms with Gasteiger partial charge in [0.2, 0.25) is 11.8 Å². The van der Waals surface area contributed by atoms with Gasteiger partial charge in [0.15, 0.2) is 18.1 Å². The van der Waals surface area contributed by atoms with Crippen molar-refractivity contribution in [3.05, 3.63) is 96.9 Å². The molecule has 1 aromatic heterocycles. The molecule has 2 aliphatic rings. The maximum atomic E-state index is 13.9. The number of aromatic nitrogens is 1. The number of fused-ring (bicyclic) bond motifs is 2. The minimum absolute atomic E-state index is 0.0419. The van der Waals surface area contributed by atoms with E-state index in [9.17, 15) is 32.3 Å². The Bertz CT molecular complexity index is 1880. The quantitative estimate of drug-likeness (QED) is 0.224. The molecule has 2 N–H and O–H groups in total. The molecule has 3 heterocycles. The van der Waals surface area contributed by atoms with Crippen LogP contribution in [-0.4, -0.2) is 41.7 Å². The number of anilines is 2. The standard InChI is InChI=1S/C30H21BrF3N3O6S2/c1-42-20-11-14(5-10-19(20)43-13-21(38)35-17-4-2-3-15(12-17)30(32,33)34)22-23-25(44-26-24(22)45-29(41)36-26)28(40)37(27(23)39)18-8-6-16(31)7-9-18/h2-12,22-23,25H,13H2,1H3,(H,35,38)(H,36,41)/t22-,23?,25?/m1/s1.